The minimum Gasteiger partial charge on any atom is -0.326 e. The van der Waals surface area contributed by atoms with E-state index < -0.39 is 0 Å². The van der Waals surface area contributed by atoms with E-state index in [9.17, 15) is 9.59 Å². The van der Waals surface area contributed by atoms with Crippen LogP contribution >= 0.6 is 31.9 Å². The zero-order valence-corrected chi connectivity index (χ0v) is 16.0. The van der Waals surface area contributed by atoms with Gasteiger partial charge in [0, 0.05) is 21.3 Å². The molecule has 0 radical (unpaired) electrons. The Labute approximate surface area is 153 Å². The standard InChI is InChI=1S/C15H13Br2N5O2/c1-8-18-3-4-21(8)7-13(23)20-22-9(2)19-14-11(15(22)24)5-10(16)6-12(14)17/h3-6H,7H2,1-2H3,(H,20,23). The number of carbonyl (C=O) groups is 1. The maximum atomic E-state index is 12.7. The van der Waals surface area contributed by atoms with Gasteiger partial charge < -0.3 is 4.57 Å². The zero-order chi connectivity index (χ0) is 17.4. The van der Waals surface area contributed by atoms with Crippen LogP contribution in [0.4, 0.5) is 0 Å². The van der Waals surface area contributed by atoms with Gasteiger partial charge in [-0.05, 0) is 41.9 Å². The quantitative estimate of drug-likeness (QED) is 0.659. The maximum absolute atomic E-state index is 12.7. The van der Waals surface area contributed by atoms with Crippen molar-refractivity contribution < 1.29 is 4.79 Å². The first kappa shape index (κ1) is 16.8. The Morgan fingerprint density at radius 3 is 2.67 bits per heavy atom. The highest BCUT2D eigenvalue weighted by Crippen LogP contribution is 2.25. The number of amides is 1. The van der Waals surface area contributed by atoms with E-state index in [1.54, 1.807) is 36.9 Å². The van der Waals surface area contributed by atoms with Crippen LogP contribution in [0.3, 0.4) is 0 Å². The van der Waals surface area contributed by atoms with Crippen LogP contribution < -0.4 is 11.0 Å². The van der Waals surface area contributed by atoms with E-state index in [0.29, 0.717) is 21.2 Å². The second kappa shape index (κ2) is 6.48. The first-order valence-corrected chi connectivity index (χ1v) is 8.61. The van der Waals surface area contributed by atoms with Crippen molar-refractivity contribution in [1.29, 1.82) is 0 Å². The Hall–Kier alpha value is -2.00. The van der Waals surface area contributed by atoms with Crippen LogP contribution in [0, 0.1) is 13.8 Å². The largest absolute Gasteiger partial charge is 0.326 e. The van der Waals surface area contributed by atoms with Crippen LogP contribution in [0.2, 0.25) is 0 Å². The van der Waals surface area contributed by atoms with Crippen LogP contribution in [0.5, 0.6) is 0 Å². The molecule has 0 bridgehead atoms. The van der Waals surface area contributed by atoms with Crippen molar-refractivity contribution in [2.24, 2.45) is 0 Å². The molecule has 9 heteroatoms. The number of halogens is 2. The van der Waals surface area contributed by atoms with Gasteiger partial charge in [-0.2, -0.15) is 0 Å². The smallest absolute Gasteiger partial charge is 0.280 e. The van der Waals surface area contributed by atoms with Crippen molar-refractivity contribution in [1.82, 2.24) is 19.2 Å². The summed E-state index contributed by atoms with van der Waals surface area (Å²) in [6, 6.07) is 3.50. The average Bonchev–Trinajstić information content (AvgIpc) is 2.90. The van der Waals surface area contributed by atoms with Crippen LogP contribution in [-0.4, -0.2) is 25.1 Å². The van der Waals surface area contributed by atoms with Crippen molar-refractivity contribution in [2.75, 3.05) is 5.43 Å². The highest BCUT2D eigenvalue weighted by molar-refractivity contribution is 9.11. The minimum absolute atomic E-state index is 0.0674. The number of benzene rings is 1. The van der Waals surface area contributed by atoms with E-state index in [1.807, 2.05) is 6.07 Å². The number of nitrogens with one attached hydrogen (secondary N) is 1. The van der Waals surface area contributed by atoms with Gasteiger partial charge in [0.25, 0.3) is 11.5 Å². The molecule has 0 spiro atoms. The molecule has 0 fully saturated rings. The second-order valence-corrected chi connectivity index (χ2v) is 6.99. The lowest BCUT2D eigenvalue weighted by Crippen LogP contribution is -2.37. The normalized spacial score (nSPS) is 11.0. The third-order valence-electron chi connectivity index (χ3n) is 3.53. The number of aryl methyl sites for hydroxylation is 2. The van der Waals surface area contributed by atoms with E-state index >= 15 is 0 Å². The summed E-state index contributed by atoms with van der Waals surface area (Å²) in [7, 11) is 0. The number of hydrogen-bond donors (Lipinski definition) is 1. The van der Waals surface area contributed by atoms with Gasteiger partial charge in [0.05, 0.1) is 10.9 Å². The molecular formula is C15H13Br2N5O2. The third-order valence-corrected chi connectivity index (χ3v) is 4.60. The highest BCUT2D eigenvalue weighted by Gasteiger charge is 2.14. The molecule has 7 nitrogen and oxygen atoms in total. The van der Waals surface area contributed by atoms with Crippen LogP contribution in [0.1, 0.15) is 11.6 Å². The maximum Gasteiger partial charge on any atom is 0.280 e. The topological polar surface area (TPSA) is 81.8 Å². The number of aromatic nitrogens is 4. The molecular weight excluding hydrogens is 442 g/mol. The Bertz CT molecular complexity index is 1010. The van der Waals surface area contributed by atoms with E-state index in [0.717, 1.165) is 15.0 Å². The number of rotatable bonds is 3. The monoisotopic (exact) mass is 453 g/mol. The minimum atomic E-state index is -0.338. The average molecular weight is 455 g/mol. The Balaban J connectivity index is 1.99. The molecule has 2 aromatic heterocycles. The molecule has 3 aromatic rings. The number of nitrogens with zero attached hydrogens (tertiary/aromatic N) is 4. The van der Waals surface area contributed by atoms with E-state index in [4.69, 9.17) is 0 Å². The lowest BCUT2D eigenvalue weighted by atomic mass is 10.2. The molecule has 124 valence electrons. The van der Waals surface area contributed by atoms with Gasteiger partial charge in [-0.3, -0.25) is 15.0 Å². The fourth-order valence-electron chi connectivity index (χ4n) is 2.34. The summed E-state index contributed by atoms with van der Waals surface area (Å²) >= 11 is 6.76. The van der Waals surface area contributed by atoms with Crippen LogP contribution in [-0.2, 0) is 11.3 Å². The van der Waals surface area contributed by atoms with Crippen LogP contribution in [0.15, 0.2) is 38.3 Å². The molecule has 0 saturated carbocycles. The third kappa shape index (κ3) is 3.13. The van der Waals surface area contributed by atoms with Crippen LogP contribution in [0.25, 0.3) is 10.9 Å². The molecule has 0 aliphatic rings. The van der Waals surface area contributed by atoms with Gasteiger partial charge >= 0.3 is 0 Å². The molecule has 0 aliphatic heterocycles. The molecule has 1 N–H and O–H groups in total. The predicted molar refractivity (Wildman–Crippen MR) is 97.5 cm³/mol. The van der Waals surface area contributed by atoms with Crippen molar-refractivity contribution in [3.63, 3.8) is 0 Å². The zero-order valence-electron chi connectivity index (χ0n) is 12.9. The summed E-state index contributed by atoms with van der Waals surface area (Å²) in [5.41, 5.74) is 2.81. The summed E-state index contributed by atoms with van der Waals surface area (Å²) in [4.78, 5) is 33.4. The molecule has 24 heavy (non-hydrogen) atoms. The van der Waals surface area contributed by atoms with Gasteiger partial charge in [-0.25, -0.2) is 14.6 Å². The molecule has 2 heterocycles. The first-order chi connectivity index (χ1) is 11.4. The molecule has 1 aromatic carbocycles. The lowest BCUT2D eigenvalue weighted by molar-refractivity contribution is -0.117. The molecule has 0 atom stereocenters. The second-order valence-electron chi connectivity index (χ2n) is 5.22. The summed E-state index contributed by atoms with van der Waals surface area (Å²) < 4.78 is 4.31. The van der Waals surface area contributed by atoms with Crippen molar-refractivity contribution >= 4 is 48.7 Å². The van der Waals surface area contributed by atoms with E-state index in [2.05, 4.69) is 47.3 Å². The summed E-state index contributed by atoms with van der Waals surface area (Å²) in [6.45, 7) is 3.54. The summed E-state index contributed by atoms with van der Waals surface area (Å²) in [5, 5.41) is 0.404. The fourth-order valence-corrected chi connectivity index (χ4v) is 3.65. The summed E-state index contributed by atoms with van der Waals surface area (Å²) in [5.74, 6) is 0.779. The van der Waals surface area contributed by atoms with Gasteiger partial charge in [0.2, 0.25) is 0 Å². The molecule has 0 saturated heterocycles. The first-order valence-electron chi connectivity index (χ1n) is 7.03. The Kier molecular flexibility index (Phi) is 4.55. The van der Waals surface area contributed by atoms with Gasteiger partial charge in [0.1, 0.15) is 18.2 Å². The van der Waals surface area contributed by atoms with Crippen molar-refractivity contribution in [3.05, 3.63) is 55.5 Å². The Morgan fingerprint density at radius 2 is 2.00 bits per heavy atom. The fraction of sp³-hybridized carbons (Fsp3) is 0.200. The molecule has 0 aliphatic carbocycles. The number of fused-ring (bicyclic) bond motifs is 1. The van der Waals surface area contributed by atoms with E-state index in [-0.39, 0.29) is 18.0 Å². The van der Waals surface area contributed by atoms with Gasteiger partial charge in [-0.15, -0.1) is 0 Å². The summed E-state index contributed by atoms with van der Waals surface area (Å²) in [6.07, 6.45) is 3.32. The molecule has 1 amide bonds. The lowest BCUT2D eigenvalue weighted by Gasteiger charge is -2.13. The van der Waals surface area contributed by atoms with Gasteiger partial charge in [0.15, 0.2) is 0 Å². The van der Waals surface area contributed by atoms with Gasteiger partial charge in [-0.1, -0.05) is 15.9 Å². The van der Waals surface area contributed by atoms with E-state index in [1.165, 1.54) is 0 Å². The number of imidazole rings is 1. The number of hydrogen-bond acceptors (Lipinski definition) is 4. The van der Waals surface area contributed by atoms with Crippen molar-refractivity contribution in [3.8, 4) is 0 Å². The SMILES string of the molecule is Cc1nccn1CC(=O)Nn1c(C)nc2c(Br)cc(Br)cc2c1=O. The number of carbonyl (C=O) groups excluding carboxylic acids is 1. The molecule has 3 rings (SSSR count). The highest BCUT2D eigenvalue weighted by atomic mass is 79.9. The Morgan fingerprint density at radius 1 is 1.25 bits per heavy atom. The predicted octanol–water partition coefficient (Wildman–Crippen LogP) is 2.51. The molecule has 0 unspecified atom stereocenters. The van der Waals surface area contributed by atoms with Crippen molar-refractivity contribution in [2.45, 2.75) is 20.4 Å².